The van der Waals surface area contributed by atoms with Crippen molar-refractivity contribution in [3.05, 3.63) is 106 Å². The van der Waals surface area contributed by atoms with Crippen LogP contribution in [0.5, 0.6) is 0 Å². The van der Waals surface area contributed by atoms with Gasteiger partial charge in [0, 0.05) is 30.5 Å². The first-order valence-electron chi connectivity index (χ1n) is 11.2. The number of benzene rings is 3. The third-order valence-electron chi connectivity index (χ3n) is 6.33. The van der Waals surface area contributed by atoms with E-state index in [0.29, 0.717) is 18.0 Å². The smallest absolute Gasteiger partial charge is 0.219 e. The molecule has 0 unspecified atom stereocenters. The Morgan fingerprint density at radius 1 is 1.00 bits per heavy atom. The Morgan fingerprint density at radius 3 is 2.40 bits per heavy atom. The summed E-state index contributed by atoms with van der Waals surface area (Å²) in [4.78, 5) is 13.8. The molecule has 1 amide bonds. The van der Waals surface area contributed by atoms with Crippen molar-refractivity contribution in [2.75, 3.05) is 13.1 Å². The van der Waals surface area contributed by atoms with E-state index in [2.05, 4.69) is 0 Å². The van der Waals surface area contributed by atoms with E-state index >= 15 is 0 Å². The SMILES string of the molecule is CC(=O)N1CC[C@@](OCc2ccccc2)(c2ccc(Cl)cc2)[C@@H](OCc2ccc(F)c(F)c2F)C1. The van der Waals surface area contributed by atoms with E-state index in [9.17, 15) is 18.0 Å². The van der Waals surface area contributed by atoms with Gasteiger partial charge in [0.25, 0.3) is 0 Å². The van der Waals surface area contributed by atoms with Gasteiger partial charge in [0.05, 0.1) is 19.8 Å². The van der Waals surface area contributed by atoms with Gasteiger partial charge in [-0.3, -0.25) is 4.79 Å². The Kier molecular flexibility index (Phi) is 7.79. The monoisotopic (exact) mass is 503 g/mol. The normalized spacial score (nSPS) is 20.1. The van der Waals surface area contributed by atoms with Crippen molar-refractivity contribution in [3.8, 4) is 0 Å². The Balaban J connectivity index is 1.69. The van der Waals surface area contributed by atoms with Gasteiger partial charge in [-0.1, -0.05) is 60.1 Å². The standard InChI is InChI=1S/C27H25ClF3NO3/c1-18(33)32-14-13-27(21-8-10-22(28)11-9-21,35-16-19-5-3-2-4-6-19)24(15-32)34-17-20-7-12-23(29)26(31)25(20)30/h2-12,24H,13-17H2,1H3/t24-,27+/m0/s1. The molecule has 3 aromatic carbocycles. The summed E-state index contributed by atoms with van der Waals surface area (Å²) in [6.07, 6.45) is -0.316. The van der Waals surface area contributed by atoms with Crippen molar-refractivity contribution in [3.63, 3.8) is 0 Å². The number of nitrogens with zero attached hydrogens (tertiary/aromatic N) is 1. The fraction of sp³-hybridized carbons (Fsp3) is 0.296. The van der Waals surface area contributed by atoms with Crippen LogP contribution in [0, 0.1) is 17.5 Å². The van der Waals surface area contributed by atoms with Gasteiger partial charge in [-0.05, 0) is 29.3 Å². The number of piperidine rings is 1. The average Bonchev–Trinajstić information content (AvgIpc) is 2.87. The zero-order valence-corrected chi connectivity index (χ0v) is 19.9. The average molecular weight is 504 g/mol. The van der Waals surface area contributed by atoms with Crippen LogP contribution in [0.4, 0.5) is 13.2 Å². The maximum atomic E-state index is 14.3. The summed E-state index contributed by atoms with van der Waals surface area (Å²) >= 11 is 6.12. The van der Waals surface area contributed by atoms with Gasteiger partial charge in [0.15, 0.2) is 17.5 Å². The highest BCUT2D eigenvalue weighted by Gasteiger charge is 2.47. The van der Waals surface area contributed by atoms with Crippen molar-refractivity contribution >= 4 is 17.5 Å². The highest BCUT2D eigenvalue weighted by Crippen LogP contribution is 2.40. The molecule has 1 saturated heterocycles. The van der Waals surface area contributed by atoms with Crippen molar-refractivity contribution in [2.24, 2.45) is 0 Å². The predicted molar refractivity (Wildman–Crippen MR) is 126 cm³/mol. The molecule has 35 heavy (non-hydrogen) atoms. The topological polar surface area (TPSA) is 38.8 Å². The molecule has 0 spiro atoms. The molecular formula is C27H25ClF3NO3. The summed E-state index contributed by atoms with van der Waals surface area (Å²) < 4.78 is 54.2. The minimum absolute atomic E-state index is 0.128. The number of hydrogen-bond acceptors (Lipinski definition) is 3. The maximum absolute atomic E-state index is 14.3. The molecule has 1 heterocycles. The third kappa shape index (κ3) is 5.53. The van der Waals surface area contributed by atoms with Crippen LogP contribution in [-0.2, 0) is 33.1 Å². The maximum Gasteiger partial charge on any atom is 0.219 e. The number of halogens is 4. The number of carbonyl (C=O) groups excluding carboxylic acids is 1. The number of hydrogen-bond donors (Lipinski definition) is 0. The molecular weight excluding hydrogens is 479 g/mol. The minimum atomic E-state index is -1.55. The van der Waals surface area contributed by atoms with Crippen molar-refractivity contribution in [1.82, 2.24) is 4.90 Å². The first-order valence-corrected chi connectivity index (χ1v) is 11.6. The summed E-state index contributed by atoms with van der Waals surface area (Å²) in [7, 11) is 0. The highest BCUT2D eigenvalue weighted by molar-refractivity contribution is 6.30. The quantitative estimate of drug-likeness (QED) is 0.371. The molecule has 0 aromatic heterocycles. The zero-order valence-electron chi connectivity index (χ0n) is 19.1. The molecule has 0 saturated carbocycles. The number of carbonyl (C=O) groups is 1. The van der Waals surface area contributed by atoms with E-state index in [0.717, 1.165) is 23.3 Å². The molecule has 1 fully saturated rings. The van der Waals surface area contributed by atoms with Crippen LogP contribution >= 0.6 is 11.6 Å². The lowest BCUT2D eigenvalue weighted by atomic mass is 9.81. The molecule has 8 heteroatoms. The molecule has 0 N–H and O–H groups in total. The van der Waals surface area contributed by atoms with Gasteiger partial charge in [-0.15, -0.1) is 0 Å². The lowest BCUT2D eigenvalue weighted by molar-refractivity contribution is -0.195. The molecule has 0 bridgehead atoms. The van der Waals surface area contributed by atoms with Gasteiger partial charge in [0.1, 0.15) is 11.7 Å². The number of rotatable bonds is 7. The van der Waals surface area contributed by atoms with E-state index in [1.165, 1.54) is 6.92 Å². The highest BCUT2D eigenvalue weighted by atomic mass is 35.5. The first-order chi connectivity index (χ1) is 16.8. The Hall–Kier alpha value is -2.87. The largest absolute Gasteiger partial charge is 0.368 e. The fourth-order valence-corrected chi connectivity index (χ4v) is 4.47. The van der Waals surface area contributed by atoms with E-state index in [1.807, 2.05) is 42.5 Å². The minimum Gasteiger partial charge on any atom is -0.368 e. The van der Waals surface area contributed by atoms with Gasteiger partial charge >= 0.3 is 0 Å². The second kappa shape index (κ2) is 10.8. The van der Waals surface area contributed by atoms with Crippen molar-refractivity contribution in [1.29, 1.82) is 0 Å². The van der Waals surface area contributed by atoms with Crippen molar-refractivity contribution in [2.45, 2.75) is 38.3 Å². The second-order valence-corrected chi connectivity index (χ2v) is 8.96. The van der Waals surface area contributed by atoms with Crippen LogP contribution in [0.1, 0.15) is 30.0 Å². The van der Waals surface area contributed by atoms with Crippen LogP contribution in [0.3, 0.4) is 0 Å². The molecule has 1 aliphatic rings. The fourth-order valence-electron chi connectivity index (χ4n) is 4.34. The molecule has 4 rings (SSSR count). The van der Waals surface area contributed by atoms with Crippen LogP contribution in [-0.4, -0.2) is 30.0 Å². The van der Waals surface area contributed by atoms with Crippen molar-refractivity contribution < 1.29 is 27.4 Å². The summed E-state index contributed by atoms with van der Waals surface area (Å²) in [6.45, 7) is 2.00. The van der Waals surface area contributed by atoms with Gasteiger partial charge in [0.2, 0.25) is 5.91 Å². The third-order valence-corrected chi connectivity index (χ3v) is 6.58. The van der Waals surface area contributed by atoms with Crippen LogP contribution in [0.15, 0.2) is 66.7 Å². The van der Waals surface area contributed by atoms with E-state index in [-0.39, 0.29) is 31.2 Å². The van der Waals surface area contributed by atoms with Gasteiger partial charge in [-0.2, -0.15) is 0 Å². The lowest BCUT2D eigenvalue weighted by Crippen LogP contribution is -2.56. The molecule has 1 aliphatic heterocycles. The molecule has 0 aliphatic carbocycles. The van der Waals surface area contributed by atoms with Crippen LogP contribution in [0.2, 0.25) is 5.02 Å². The summed E-state index contributed by atoms with van der Waals surface area (Å²) in [5, 5.41) is 0.550. The molecule has 4 nitrogen and oxygen atoms in total. The molecule has 184 valence electrons. The Labute approximate surface area is 207 Å². The first kappa shape index (κ1) is 25.2. The Morgan fingerprint density at radius 2 is 1.71 bits per heavy atom. The molecule has 0 radical (unpaired) electrons. The molecule has 2 atom stereocenters. The number of likely N-dealkylation sites (tertiary alicyclic amines) is 1. The second-order valence-electron chi connectivity index (χ2n) is 8.52. The van der Waals surface area contributed by atoms with Gasteiger partial charge < -0.3 is 14.4 Å². The predicted octanol–water partition coefficient (Wildman–Crippen LogP) is 6.01. The number of amides is 1. The van der Waals surface area contributed by atoms with E-state index in [4.69, 9.17) is 21.1 Å². The summed E-state index contributed by atoms with van der Waals surface area (Å²) in [5.41, 5.74) is 0.607. The van der Waals surface area contributed by atoms with E-state index in [1.54, 1.807) is 17.0 Å². The lowest BCUT2D eigenvalue weighted by Gasteiger charge is -2.47. The van der Waals surface area contributed by atoms with Crippen LogP contribution in [0.25, 0.3) is 0 Å². The Bertz CT molecular complexity index is 1180. The van der Waals surface area contributed by atoms with Crippen LogP contribution < -0.4 is 0 Å². The van der Waals surface area contributed by atoms with Gasteiger partial charge in [-0.25, -0.2) is 13.2 Å². The van der Waals surface area contributed by atoms with E-state index < -0.39 is 29.2 Å². The molecule has 3 aromatic rings. The number of ether oxygens (including phenoxy) is 2. The summed E-state index contributed by atoms with van der Waals surface area (Å²) in [5.74, 6) is -4.25. The summed E-state index contributed by atoms with van der Waals surface area (Å²) in [6, 6.07) is 18.8. The zero-order chi connectivity index (χ0) is 25.0.